The molecule has 1 aromatic heterocycles. The van der Waals surface area contributed by atoms with E-state index in [2.05, 4.69) is 34.2 Å². The van der Waals surface area contributed by atoms with Gasteiger partial charge in [-0.2, -0.15) is 0 Å². The van der Waals surface area contributed by atoms with E-state index >= 15 is 0 Å². The Hall–Kier alpha value is -2.62. The largest absolute Gasteiger partial charge is 0.347 e. The Morgan fingerprint density at radius 3 is 2.76 bits per heavy atom. The number of imidazole rings is 1. The highest BCUT2D eigenvalue weighted by Crippen LogP contribution is 2.16. The average molecular weight is 279 g/mol. The number of carbonyl (C=O) groups is 1. The molecule has 2 aromatic carbocycles. The van der Waals surface area contributed by atoms with E-state index in [0.717, 1.165) is 16.8 Å². The second kappa shape index (κ2) is 5.79. The average Bonchev–Trinajstić information content (AvgIpc) is 3.00. The van der Waals surface area contributed by atoms with E-state index in [4.69, 9.17) is 0 Å². The van der Waals surface area contributed by atoms with Crippen LogP contribution in [0.5, 0.6) is 0 Å². The number of hydrogen-bond donors (Lipinski definition) is 1. The molecule has 0 saturated heterocycles. The van der Waals surface area contributed by atoms with E-state index in [1.807, 2.05) is 18.2 Å². The lowest BCUT2D eigenvalue weighted by Crippen LogP contribution is -2.28. The minimum absolute atomic E-state index is 0.0849. The summed E-state index contributed by atoms with van der Waals surface area (Å²) in [6.07, 6.45) is 3.86. The van der Waals surface area contributed by atoms with Gasteiger partial charge >= 0.3 is 0 Å². The van der Waals surface area contributed by atoms with E-state index in [1.165, 1.54) is 5.39 Å². The maximum Gasteiger partial charge on any atom is 0.227 e. The van der Waals surface area contributed by atoms with Gasteiger partial charge in [-0.3, -0.25) is 4.79 Å². The van der Waals surface area contributed by atoms with Gasteiger partial charge in [-0.15, -0.1) is 0 Å². The first-order valence-electron chi connectivity index (χ1n) is 6.92. The summed E-state index contributed by atoms with van der Waals surface area (Å²) in [5, 5.41) is 2.36. The zero-order chi connectivity index (χ0) is 14.7. The molecule has 0 atom stereocenters. The number of likely N-dealkylation sites (N-methyl/N-ethyl adjacent to an activating group) is 1. The lowest BCUT2D eigenvalue weighted by atomic mass is 10.0. The molecule has 1 N–H and O–H groups in total. The van der Waals surface area contributed by atoms with Crippen molar-refractivity contribution in [3.63, 3.8) is 0 Å². The normalized spacial score (nSPS) is 10.7. The van der Waals surface area contributed by atoms with Crippen LogP contribution >= 0.6 is 0 Å². The van der Waals surface area contributed by atoms with Gasteiger partial charge in [0.05, 0.1) is 13.0 Å². The molecule has 0 saturated carbocycles. The minimum Gasteiger partial charge on any atom is -0.347 e. The first kappa shape index (κ1) is 13.4. The number of hydrogen-bond acceptors (Lipinski definition) is 2. The fourth-order valence-electron chi connectivity index (χ4n) is 2.36. The number of nitrogens with zero attached hydrogens (tertiary/aromatic N) is 2. The topological polar surface area (TPSA) is 49.0 Å². The number of H-pyrrole nitrogens is 1. The van der Waals surface area contributed by atoms with E-state index in [-0.39, 0.29) is 5.91 Å². The van der Waals surface area contributed by atoms with Crippen LogP contribution in [0.3, 0.4) is 0 Å². The molecule has 1 amide bonds. The SMILES string of the molecule is CN(Cc1ncc[nH]1)C(=O)Cc1ccc2ccccc2c1. The molecule has 0 unspecified atom stereocenters. The van der Waals surface area contributed by atoms with Crippen LogP contribution < -0.4 is 0 Å². The second-order valence-corrected chi connectivity index (χ2v) is 5.14. The number of amides is 1. The van der Waals surface area contributed by atoms with Crippen molar-refractivity contribution in [2.75, 3.05) is 7.05 Å². The fraction of sp³-hybridized carbons (Fsp3) is 0.176. The van der Waals surface area contributed by atoms with Gasteiger partial charge in [0.1, 0.15) is 5.82 Å². The molecule has 21 heavy (non-hydrogen) atoms. The summed E-state index contributed by atoms with van der Waals surface area (Å²) in [5.74, 6) is 0.881. The van der Waals surface area contributed by atoms with Gasteiger partial charge in [0.25, 0.3) is 0 Å². The number of rotatable bonds is 4. The number of carbonyl (C=O) groups excluding carboxylic acids is 1. The Morgan fingerprint density at radius 2 is 2.00 bits per heavy atom. The summed E-state index contributed by atoms with van der Waals surface area (Å²) < 4.78 is 0. The molecule has 0 aliphatic carbocycles. The molecule has 0 radical (unpaired) electrons. The zero-order valence-corrected chi connectivity index (χ0v) is 11.9. The van der Waals surface area contributed by atoms with Crippen LogP contribution in [0, 0.1) is 0 Å². The maximum absolute atomic E-state index is 12.3. The first-order valence-corrected chi connectivity index (χ1v) is 6.92. The number of benzene rings is 2. The second-order valence-electron chi connectivity index (χ2n) is 5.14. The Bertz CT molecular complexity index is 750. The molecule has 0 aliphatic rings. The lowest BCUT2D eigenvalue weighted by Gasteiger charge is -2.16. The van der Waals surface area contributed by atoms with Crippen molar-refractivity contribution in [1.82, 2.24) is 14.9 Å². The lowest BCUT2D eigenvalue weighted by molar-refractivity contribution is -0.129. The number of aromatic amines is 1. The van der Waals surface area contributed by atoms with E-state index in [1.54, 1.807) is 24.3 Å². The predicted molar refractivity (Wildman–Crippen MR) is 82.7 cm³/mol. The molecule has 1 heterocycles. The van der Waals surface area contributed by atoms with Crippen molar-refractivity contribution in [2.45, 2.75) is 13.0 Å². The van der Waals surface area contributed by atoms with Crippen LogP contribution in [0.2, 0.25) is 0 Å². The van der Waals surface area contributed by atoms with Crippen LogP contribution in [-0.4, -0.2) is 27.8 Å². The molecule has 106 valence electrons. The van der Waals surface area contributed by atoms with Crippen LogP contribution in [0.4, 0.5) is 0 Å². The smallest absolute Gasteiger partial charge is 0.227 e. The monoisotopic (exact) mass is 279 g/mol. The first-order chi connectivity index (χ1) is 10.2. The molecule has 3 aromatic rings. The molecule has 0 bridgehead atoms. The number of nitrogens with one attached hydrogen (secondary N) is 1. The van der Waals surface area contributed by atoms with Crippen LogP contribution in [0.15, 0.2) is 54.9 Å². The predicted octanol–water partition coefficient (Wildman–Crippen LogP) is 2.76. The Morgan fingerprint density at radius 1 is 1.19 bits per heavy atom. The Labute approximate surface area is 123 Å². The fourth-order valence-corrected chi connectivity index (χ4v) is 2.36. The van der Waals surface area contributed by atoms with Crippen LogP contribution in [-0.2, 0) is 17.8 Å². The van der Waals surface area contributed by atoms with E-state index in [0.29, 0.717) is 13.0 Å². The summed E-state index contributed by atoms with van der Waals surface area (Å²) >= 11 is 0. The molecular formula is C17H17N3O. The van der Waals surface area contributed by atoms with Gasteiger partial charge in [-0.1, -0.05) is 42.5 Å². The standard InChI is InChI=1S/C17H17N3O/c1-20(12-16-18-8-9-19-16)17(21)11-13-6-7-14-4-2-3-5-15(14)10-13/h2-10H,11-12H2,1H3,(H,18,19). The quantitative estimate of drug-likeness (QED) is 0.798. The van der Waals surface area contributed by atoms with E-state index in [9.17, 15) is 4.79 Å². The molecule has 0 aliphatic heterocycles. The minimum atomic E-state index is 0.0849. The summed E-state index contributed by atoms with van der Waals surface area (Å²) in [7, 11) is 1.80. The third-order valence-electron chi connectivity index (χ3n) is 3.54. The van der Waals surface area contributed by atoms with Crippen LogP contribution in [0.25, 0.3) is 10.8 Å². The third-order valence-corrected chi connectivity index (χ3v) is 3.54. The summed E-state index contributed by atoms with van der Waals surface area (Å²) in [4.78, 5) is 21.1. The highest BCUT2D eigenvalue weighted by Gasteiger charge is 2.11. The highest BCUT2D eigenvalue weighted by atomic mass is 16.2. The van der Waals surface area contributed by atoms with Crippen molar-refractivity contribution in [1.29, 1.82) is 0 Å². The third kappa shape index (κ3) is 3.11. The maximum atomic E-state index is 12.3. The van der Waals surface area contributed by atoms with Gasteiger partial charge in [0.2, 0.25) is 5.91 Å². The molecule has 0 fully saturated rings. The van der Waals surface area contributed by atoms with Crippen molar-refractivity contribution in [3.8, 4) is 0 Å². The summed E-state index contributed by atoms with van der Waals surface area (Å²) in [6.45, 7) is 0.499. The van der Waals surface area contributed by atoms with Crippen molar-refractivity contribution < 1.29 is 4.79 Å². The molecule has 3 rings (SSSR count). The van der Waals surface area contributed by atoms with Gasteiger partial charge in [-0.25, -0.2) is 4.98 Å². The van der Waals surface area contributed by atoms with Crippen molar-refractivity contribution in [2.24, 2.45) is 0 Å². The summed E-state index contributed by atoms with van der Waals surface area (Å²) in [6, 6.07) is 14.3. The van der Waals surface area contributed by atoms with Crippen LogP contribution in [0.1, 0.15) is 11.4 Å². The zero-order valence-electron chi connectivity index (χ0n) is 11.9. The highest BCUT2D eigenvalue weighted by molar-refractivity contribution is 5.85. The van der Waals surface area contributed by atoms with Crippen molar-refractivity contribution in [3.05, 3.63) is 66.2 Å². The Kier molecular flexibility index (Phi) is 3.69. The number of fused-ring (bicyclic) bond motifs is 1. The number of aromatic nitrogens is 2. The van der Waals surface area contributed by atoms with Gasteiger partial charge in [-0.05, 0) is 16.3 Å². The van der Waals surface area contributed by atoms with Gasteiger partial charge in [0.15, 0.2) is 0 Å². The molecule has 4 heteroatoms. The van der Waals surface area contributed by atoms with E-state index < -0.39 is 0 Å². The molecule has 4 nitrogen and oxygen atoms in total. The van der Waals surface area contributed by atoms with Gasteiger partial charge < -0.3 is 9.88 Å². The van der Waals surface area contributed by atoms with Crippen molar-refractivity contribution >= 4 is 16.7 Å². The Balaban J connectivity index is 1.70. The summed E-state index contributed by atoms with van der Waals surface area (Å²) in [5.41, 5.74) is 1.03. The molecule has 0 spiro atoms. The van der Waals surface area contributed by atoms with Gasteiger partial charge in [0, 0.05) is 19.4 Å². The molecular weight excluding hydrogens is 262 g/mol.